The van der Waals surface area contributed by atoms with E-state index < -0.39 is 18.0 Å². The number of hydrogen-bond acceptors (Lipinski definition) is 5. The van der Waals surface area contributed by atoms with E-state index in [1.807, 2.05) is 18.2 Å². The zero-order valence-corrected chi connectivity index (χ0v) is 15.3. The van der Waals surface area contributed by atoms with Gasteiger partial charge in [0.1, 0.15) is 11.9 Å². The van der Waals surface area contributed by atoms with Gasteiger partial charge in [-0.05, 0) is 37.8 Å². The van der Waals surface area contributed by atoms with Gasteiger partial charge in [0.2, 0.25) is 5.91 Å². The van der Waals surface area contributed by atoms with E-state index in [1.54, 1.807) is 20.1 Å². The van der Waals surface area contributed by atoms with Gasteiger partial charge in [-0.25, -0.2) is 0 Å². The molecule has 0 bridgehead atoms. The fourth-order valence-electron chi connectivity index (χ4n) is 2.85. The van der Waals surface area contributed by atoms with E-state index >= 15 is 0 Å². The van der Waals surface area contributed by atoms with Crippen molar-refractivity contribution in [2.75, 3.05) is 26.9 Å². The summed E-state index contributed by atoms with van der Waals surface area (Å²) in [7, 11) is 1.55. The highest BCUT2D eigenvalue weighted by Crippen LogP contribution is 2.21. The van der Waals surface area contributed by atoms with Gasteiger partial charge in [-0.15, -0.1) is 0 Å². The molecule has 1 aliphatic heterocycles. The molecule has 1 aliphatic rings. The van der Waals surface area contributed by atoms with Gasteiger partial charge in [-0.2, -0.15) is 0 Å². The Labute approximate surface area is 153 Å². The summed E-state index contributed by atoms with van der Waals surface area (Å²) < 4.78 is 16.2. The van der Waals surface area contributed by atoms with Crippen LogP contribution in [-0.4, -0.2) is 56.1 Å². The number of ether oxygens (including phenoxy) is 3. The van der Waals surface area contributed by atoms with Crippen molar-refractivity contribution < 1.29 is 28.9 Å². The average Bonchev–Trinajstić information content (AvgIpc) is 3.16. The lowest BCUT2D eigenvalue weighted by Crippen LogP contribution is -2.40. The number of benzene rings is 1. The highest BCUT2D eigenvalue weighted by molar-refractivity contribution is 5.81. The largest absolute Gasteiger partial charge is 0.496 e. The van der Waals surface area contributed by atoms with Gasteiger partial charge in [0, 0.05) is 13.2 Å². The van der Waals surface area contributed by atoms with Crippen molar-refractivity contribution in [3.63, 3.8) is 0 Å². The summed E-state index contributed by atoms with van der Waals surface area (Å²) in [5.74, 6) is -1.41. The average molecular weight is 365 g/mol. The van der Waals surface area contributed by atoms with Crippen LogP contribution in [0.15, 0.2) is 24.3 Å². The monoisotopic (exact) mass is 365 g/mol. The number of carbonyl (C=O) groups excluding carboxylic acids is 1. The molecular formula is C19H27NO6. The van der Waals surface area contributed by atoms with E-state index in [1.165, 1.54) is 0 Å². The predicted octanol–water partition coefficient (Wildman–Crippen LogP) is 1.64. The molecule has 3 atom stereocenters. The van der Waals surface area contributed by atoms with Gasteiger partial charge < -0.3 is 24.6 Å². The van der Waals surface area contributed by atoms with E-state index in [2.05, 4.69) is 5.32 Å². The summed E-state index contributed by atoms with van der Waals surface area (Å²) in [6.07, 6.45) is 1.61. The van der Waals surface area contributed by atoms with Crippen LogP contribution in [0.4, 0.5) is 0 Å². The third-order valence-electron chi connectivity index (χ3n) is 4.46. The van der Waals surface area contributed by atoms with Gasteiger partial charge in [0.25, 0.3) is 0 Å². The first-order valence-electron chi connectivity index (χ1n) is 8.87. The van der Waals surface area contributed by atoms with Crippen LogP contribution >= 0.6 is 0 Å². The Balaban J connectivity index is 1.83. The predicted molar refractivity (Wildman–Crippen MR) is 95.2 cm³/mol. The minimum Gasteiger partial charge on any atom is -0.496 e. The number of methoxy groups -OCH3 is 1. The Morgan fingerprint density at radius 1 is 1.38 bits per heavy atom. The lowest BCUT2D eigenvalue weighted by molar-refractivity contribution is -0.142. The molecule has 0 radical (unpaired) electrons. The third-order valence-corrected chi connectivity index (χ3v) is 4.46. The zero-order chi connectivity index (χ0) is 18.9. The minimum atomic E-state index is -0.968. The van der Waals surface area contributed by atoms with E-state index in [-0.39, 0.29) is 25.0 Å². The van der Waals surface area contributed by atoms with E-state index in [4.69, 9.17) is 14.2 Å². The molecule has 3 unspecified atom stereocenters. The number of hydrogen-bond donors (Lipinski definition) is 2. The Bertz CT molecular complexity index is 599. The summed E-state index contributed by atoms with van der Waals surface area (Å²) in [6.45, 7) is 2.79. The maximum Gasteiger partial charge on any atom is 0.308 e. The molecule has 7 nitrogen and oxygen atoms in total. The fraction of sp³-hybridized carbons (Fsp3) is 0.579. The molecule has 1 heterocycles. The second kappa shape index (κ2) is 10.1. The molecule has 7 heteroatoms. The van der Waals surface area contributed by atoms with Gasteiger partial charge in [-0.1, -0.05) is 18.2 Å². The maximum absolute atomic E-state index is 12.2. The molecule has 26 heavy (non-hydrogen) atoms. The quantitative estimate of drug-likeness (QED) is 0.655. The molecule has 1 fully saturated rings. The van der Waals surface area contributed by atoms with Crippen molar-refractivity contribution in [1.29, 1.82) is 0 Å². The van der Waals surface area contributed by atoms with E-state index in [9.17, 15) is 14.7 Å². The fourth-order valence-corrected chi connectivity index (χ4v) is 2.85. The van der Waals surface area contributed by atoms with Gasteiger partial charge in [0.05, 0.1) is 25.7 Å². The van der Waals surface area contributed by atoms with Crippen LogP contribution in [0.5, 0.6) is 5.75 Å². The smallest absolute Gasteiger partial charge is 0.308 e. The summed E-state index contributed by atoms with van der Waals surface area (Å²) in [6, 6.07) is 7.26. The number of para-hydroxylation sites is 1. The SMILES string of the molecule is COc1ccccc1CC(CNC(=O)C(C)OCC1CCCO1)C(=O)O. The molecule has 0 saturated carbocycles. The van der Waals surface area contributed by atoms with Crippen LogP contribution < -0.4 is 10.1 Å². The molecule has 0 aromatic heterocycles. The van der Waals surface area contributed by atoms with Crippen LogP contribution in [-0.2, 0) is 25.5 Å². The van der Waals surface area contributed by atoms with Crippen molar-refractivity contribution in [3.05, 3.63) is 29.8 Å². The van der Waals surface area contributed by atoms with Crippen LogP contribution in [0.1, 0.15) is 25.3 Å². The molecule has 1 aromatic rings. The highest BCUT2D eigenvalue weighted by Gasteiger charge is 2.23. The number of amides is 1. The maximum atomic E-state index is 12.2. The number of aliphatic carboxylic acids is 1. The molecule has 0 spiro atoms. The highest BCUT2D eigenvalue weighted by atomic mass is 16.5. The zero-order valence-electron chi connectivity index (χ0n) is 15.3. The van der Waals surface area contributed by atoms with Gasteiger partial charge in [-0.3, -0.25) is 9.59 Å². The summed E-state index contributed by atoms with van der Waals surface area (Å²) in [5.41, 5.74) is 0.791. The lowest BCUT2D eigenvalue weighted by atomic mass is 9.98. The lowest BCUT2D eigenvalue weighted by Gasteiger charge is -2.18. The minimum absolute atomic E-state index is 0.0276. The third kappa shape index (κ3) is 6.00. The number of nitrogens with one attached hydrogen (secondary N) is 1. The topological polar surface area (TPSA) is 94.1 Å². The van der Waals surface area contributed by atoms with Crippen LogP contribution in [0.3, 0.4) is 0 Å². The standard InChI is InChI=1S/C19H27NO6/c1-13(26-12-16-7-5-9-25-16)18(21)20-11-15(19(22)23)10-14-6-3-4-8-17(14)24-2/h3-4,6,8,13,15-16H,5,7,9-12H2,1-2H3,(H,20,21)(H,22,23). The molecule has 2 N–H and O–H groups in total. The molecule has 1 amide bonds. The van der Waals surface area contributed by atoms with Crippen molar-refractivity contribution in [3.8, 4) is 5.75 Å². The van der Waals surface area contributed by atoms with Crippen LogP contribution in [0.2, 0.25) is 0 Å². The molecule has 2 rings (SSSR count). The molecule has 144 valence electrons. The first-order chi connectivity index (χ1) is 12.5. The Morgan fingerprint density at radius 2 is 2.15 bits per heavy atom. The first-order valence-corrected chi connectivity index (χ1v) is 8.87. The number of carbonyl (C=O) groups is 2. The van der Waals surface area contributed by atoms with Gasteiger partial charge >= 0.3 is 5.97 Å². The Morgan fingerprint density at radius 3 is 2.81 bits per heavy atom. The van der Waals surface area contributed by atoms with Crippen molar-refractivity contribution in [1.82, 2.24) is 5.32 Å². The summed E-state index contributed by atoms with van der Waals surface area (Å²) >= 11 is 0. The summed E-state index contributed by atoms with van der Waals surface area (Å²) in [4.78, 5) is 23.7. The van der Waals surface area contributed by atoms with Gasteiger partial charge in [0.15, 0.2) is 0 Å². The van der Waals surface area contributed by atoms with Crippen molar-refractivity contribution in [2.24, 2.45) is 5.92 Å². The van der Waals surface area contributed by atoms with E-state index in [0.29, 0.717) is 12.4 Å². The first kappa shape index (κ1) is 20.2. The van der Waals surface area contributed by atoms with Crippen molar-refractivity contribution >= 4 is 11.9 Å². The molecule has 1 saturated heterocycles. The second-order valence-corrected chi connectivity index (χ2v) is 6.41. The van der Waals surface area contributed by atoms with Crippen molar-refractivity contribution in [2.45, 2.75) is 38.4 Å². The molecule has 1 aromatic carbocycles. The Hall–Kier alpha value is -2.12. The molecule has 0 aliphatic carbocycles. The Kier molecular flexibility index (Phi) is 7.87. The van der Waals surface area contributed by atoms with Crippen LogP contribution in [0.25, 0.3) is 0 Å². The van der Waals surface area contributed by atoms with E-state index in [0.717, 1.165) is 25.0 Å². The van der Waals surface area contributed by atoms with Crippen LogP contribution in [0, 0.1) is 5.92 Å². The summed E-state index contributed by atoms with van der Waals surface area (Å²) in [5, 5.41) is 12.1. The number of carboxylic acid groups (broad SMARTS) is 1. The normalized spacial score (nSPS) is 18.9. The number of carboxylic acids is 1. The molecular weight excluding hydrogens is 338 g/mol. The second-order valence-electron chi connectivity index (χ2n) is 6.41. The number of rotatable bonds is 10.